The Labute approximate surface area is 131 Å². The Hall–Kier alpha value is -1.62. The van der Waals surface area contributed by atoms with Crippen molar-refractivity contribution < 1.29 is 0 Å². The van der Waals surface area contributed by atoms with Crippen LogP contribution in [0, 0.1) is 6.92 Å². The monoisotopic (exact) mass is 304 g/mol. The summed E-state index contributed by atoms with van der Waals surface area (Å²) in [5, 5.41) is 8.96. The minimum Gasteiger partial charge on any atom is -0.370 e. The summed E-state index contributed by atoms with van der Waals surface area (Å²) in [7, 11) is 0. The third-order valence-corrected chi connectivity index (χ3v) is 4.45. The predicted octanol–water partition coefficient (Wildman–Crippen LogP) is 4.02. The highest BCUT2D eigenvalue weighted by atomic mass is 32.1. The second-order valence-electron chi connectivity index (χ2n) is 4.92. The lowest BCUT2D eigenvalue weighted by molar-refractivity contribution is 0.919. The van der Waals surface area contributed by atoms with Crippen LogP contribution >= 0.6 is 11.3 Å². The Bertz CT molecular complexity index is 592. The molecule has 0 aliphatic heterocycles. The van der Waals surface area contributed by atoms with Crippen LogP contribution in [0.4, 0.5) is 11.6 Å². The smallest absolute Gasteiger partial charge is 0.135 e. The highest BCUT2D eigenvalue weighted by Crippen LogP contribution is 2.23. The summed E-state index contributed by atoms with van der Waals surface area (Å²) in [5.74, 6) is 2.75. The number of nitrogens with one attached hydrogen (secondary N) is 2. The van der Waals surface area contributed by atoms with E-state index in [1.807, 2.05) is 0 Å². The van der Waals surface area contributed by atoms with Gasteiger partial charge in [-0.15, -0.1) is 11.3 Å². The topological polar surface area (TPSA) is 49.8 Å². The Kier molecular flexibility index (Phi) is 5.56. The first-order valence-electron chi connectivity index (χ1n) is 7.60. The van der Waals surface area contributed by atoms with Crippen molar-refractivity contribution in [3.63, 3.8) is 0 Å². The van der Waals surface area contributed by atoms with Crippen LogP contribution in [-0.2, 0) is 19.4 Å². The number of anilines is 2. The summed E-state index contributed by atoms with van der Waals surface area (Å²) in [6, 6.07) is 2.20. The standard InChI is InChI=1S/C16H24N4S/c1-5-12-8-9-21-13(12)10-18-16-11(4)15(17-7-3)19-14(6-2)20-16/h8-9H,5-7,10H2,1-4H3,(H2,17,18,19,20). The van der Waals surface area contributed by atoms with E-state index in [9.17, 15) is 0 Å². The van der Waals surface area contributed by atoms with Gasteiger partial charge in [-0.25, -0.2) is 9.97 Å². The number of nitrogens with zero attached hydrogens (tertiary/aromatic N) is 2. The molecule has 0 amide bonds. The molecular formula is C16H24N4S. The molecule has 2 aromatic heterocycles. The molecule has 5 heteroatoms. The van der Waals surface area contributed by atoms with E-state index >= 15 is 0 Å². The van der Waals surface area contributed by atoms with E-state index in [1.54, 1.807) is 11.3 Å². The molecule has 0 aliphatic rings. The van der Waals surface area contributed by atoms with Gasteiger partial charge in [-0.05, 0) is 37.3 Å². The molecular weight excluding hydrogens is 280 g/mol. The highest BCUT2D eigenvalue weighted by molar-refractivity contribution is 7.10. The van der Waals surface area contributed by atoms with E-state index in [-0.39, 0.29) is 0 Å². The Morgan fingerprint density at radius 1 is 1.05 bits per heavy atom. The van der Waals surface area contributed by atoms with Gasteiger partial charge in [0.1, 0.15) is 17.5 Å². The summed E-state index contributed by atoms with van der Waals surface area (Å²) >= 11 is 1.80. The van der Waals surface area contributed by atoms with E-state index in [0.29, 0.717) is 0 Å². The van der Waals surface area contributed by atoms with E-state index in [4.69, 9.17) is 0 Å². The molecule has 0 atom stereocenters. The third kappa shape index (κ3) is 3.73. The summed E-state index contributed by atoms with van der Waals surface area (Å²) in [6.07, 6.45) is 1.92. The maximum atomic E-state index is 4.63. The largest absolute Gasteiger partial charge is 0.370 e. The molecule has 0 radical (unpaired) electrons. The van der Waals surface area contributed by atoms with Crippen LogP contribution in [0.25, 0.3) is 0 Å². The van der Waals surface area contributed by atoms with Crippen molar-refractivity contribution in [1.29, 1.82) is 0 Å². The molecule has 0 fully saturated rings. The van der Waals surface area contributed by atoms with Gasteiger partial charge in [0.2, 0.25) is 0 Å². The predicted molar refractivity (Wildman–Crippen MR) is 91.3 cm³/mol. The average molecular weight is 304 g/mol. The van der Waals surface area contributed by atoms with Crippen molar-refractivity contribution >= 4 is 23.0 Å². The summed E-state index contributed by atoms with van der Waals surface area (Å²) in [4.78, 5) is 10.6. The third-order valence-electron chi connectivity index (χ3n) is 3.49. The van der Waals surface area contributed by atoms with Crippen molar-refractivity contribution in [1.82, 2.24) is 9.97 Å². The van der Waals surface area contributed by atoms with Crippen LogP contribution in [0.1, 0.15) is 42.6 Å². The van der Waals surface area contributed by atoms with Crippen molar-refractivity contribution in [2.24, 2.45) is 0 Å². The van der Waals surface area contributed by atoms with Crippen LogP contribution < -0.4 is 10.6 Å². The second kappa shape index (κ2) is 7.41. The zero-order valence-electron chi connectivity index (χ0n) is 13.3. The second-order valence-corrected chi connectivity index (χ2v) is 5.92. The molecule has 0 unspecified atom stereocenters. The van der Waals surface area contributed by atoms with Gasteiger partial charge in [-0.2, -0.15) is 0 Å². The SMILES string of the molecule is CCNc1nc(CC)nc(NCc2sccc2CC)c1C. The number of hydrogen-bond acceptors (Lipinski definition) is 5. The molecule has 0 aliphatic carbocycles. The van der Waals surface area contributed by atoms with Gasteiger partial charge in [-0.3, -0.25) is 0 Å². The van der Waals surface area contributed by atoms with E-state index in [0.717, 1.165) is 49.0 Å². The van der Waals surface area contributed by atoms with Crippen LogP contribution in [0.5, 0.6) is 0 Å². The number of aromatic nitrogens is 2. The molecule has 2 rings (SSSR count). The van der Waals surface area contributed by atoms with E-state index in [2.05, 4.69) is 59.7 Å². The normalized spacial score (nSPS) is 10.7. The zero-order chi connectivity index (χ0) is 15.2. The minimum absolute atomic E-state index is 0.827. The Morgan fingerprint density at radius 2 is 1.76 bits per heavy atom. The fourth-order valence-corrected chi connectivity index (χ4v) is 3.15. The number of aryl methyl sites for hydroxylation is 2. The fraction of sp³-hybridized carbons (Fsp3) is 0.500. The quantitative estimate of drug-likeness (QED) is 0.811. The Morgan fingerprint density at radius 3 is 2.38 bits per heavy atom. The first-order chi connectivity index (χ1) is 10.2. The van der Waals surface area contributed by atoms with Crippen LogP contribution in [-0.4, -0.2) is 16.5 Å². The van der Waals surface area contributed by atoms with Crippen molar-refractivity contribution in [2.45, 2.75) is 47.1 Å². The van der Waals surface area contributed by atoms with Gasteiger partial charge in [0.05, 0.1) is 6.54 Å². The fourth-order valence-electron chi connectivity index (χ4n) is 2.23. The maximum Gasteiger partial charge on any atom is 0.135 e. The van der Waals surface area contributed by atoms with Gasteiger partial charge in [0, 0.05) is 23.4 Å². The van der Waals surface area contributed by atoms with Crippen LogP contribution in [0.2, 0.25) is 0 Å². The van der Waals surface area contributed by atoms with Crippen molar-refractivity contribution in [3.05, 3.63) is 33.3 Å². The van der Waals surface area contributed by atoms with Gasteiger partial charge >= 0.3 is 0 Å². The first-order valence-corrected chi connectivity index (χ1v) is 8.48. The van der Waals surface area contributed by atoms with Gasteiger partial charge in [0.25, 0.3) is 0 Å². The molecule has 4 nitrogen and oxygen atoms in total. The van der Waals surface area contributed by atoms with Gasteiger partial charge in [0.15, 0.2) is 0 Å². The van der Waals surface area contributed by atoms with Crippen molar-refractivity contribution in [3.8, 4) is 0 Å². The van der Waals surface area contributed by atoms with E-state index in [1.165, 1.54) is 10.4 Å². The number of hydrogen-bond donors (Lipinski definition) is 2. The molecule has 0 saturated heterocycles. The number of rotatable bonds is 7. The molecule has 0 aromatic carbocycles. The van der Waals surface area contributed by atoms with Crippen molar-refractivity contribution in [2.75, 3.05) is 17.2 Å². The molecule has 0 saturated carbocycles. The number of thiophene rings is 1. The van der Waals surface area contributed by atoms with Crippen LogP contribution in [0.3, 0.4) is 0 Å². The molecule has 21 heavy (non-hydrogen) atoms. The molecule has 2 N–H and O–H groups in total. The molecule has 0 spiro atoms. The summed E-state index contributed by atoms with van der Waals surface area (Å²) in [5.41, 5.74) is 2.51. The van der Waals surface area contributed by atoms with Gasteiger partial charge < -0.3 is 10.6 Å². The van der Waals surface area contributed by atoms with Crippen LogP contribution in [0.15, 0.2) is 11.4 Å². The lowest BCUT2D eigenvalue weighted by atomic mass is 10.2. The van der Waals surface area contributed by atoms with E-state index < -0.39 is 0 Å². The lowest BCUT2D eigenvalue weighted by Gasteiger charge is -2.14. The maximum absolute atomic E-state index is 4.63. The zero-order valence-corrected chi connectivity index (χ0v) is 14.1. The first kappa shape index (κ1) is 15.8. The molecule has 2 aromatic rings. The molecule has 0 bridgehead atoms. The molecule has 114 valence electrons. The average Bonchev–Trinajstić information content (AvgIpc) is 2.95. The lowest BCUT2D eigenvalue weighted by Crippen LogP contribution is -2.11. The minimum atomic E-state index is 0.827. The van der Waals surface area contributed by atoms with Gasteiger partial charge in [-0.1, -0.05) is 13.8 Å². The Balaban J connectivity index is 2.20. The summed E-state index contributed by atoms with van der Waals surface area (Å²) < 4.78 is 0. The highest BCUT2D eigenvalue weighted by Gasteiger charge is 2.10. The summed E-state index contributed by atoms with van der Waals surface area (Å²) in [6.45, 7) is 10.1. The molecule has 2 heterocycles.